The predicted molar refractivity (Wildman–Crippen MR) is 210 cm³/mol. The van der Waals surface area contributed by atoms with Gasteiger partial charge in [-0.15, -0.1) is 0 Å². The predicted octanol–water partition coefficient (Wildman–Crippen LogP) is 12.6. The van der Waals surface area contributed by atoms with Crippen molar-refractivity contribution >= 4 is 8.32 Å². The van der Waals surface area contributed by atoms with Crippen molar-refractivity contribution in [2.75, 3.05) is 6.61 Å². The molecule has 2 unspecified atom stereocenters. The lowest BCUT2D eigenvalue weighted by atomic mass is 9.44. The Kier molecular flexibility index (Phi) is 12.0. The van der Waals surface area contributed by atoms with Crippen molar-refractivity contribution in [2.45, 2.75) is 189 Å². The minimum atomic E-state index is -1.80. The zero-order chi connectivity index (χ0) is 35.9. The molecular formula is C45H76O4Si. The summed E-state index contributed by atoms with van der Waals surface area (Å²) >= 11 is 0. The first-order chi connectivity index (χ1) is 23.6. The van der Waals surface area contributed by atoms with Crippen molar-refractivity contribution in [3.8, 4) is 5.75 Å². The molecule has 4 saturated carbocycles. The van der Waals surface area contributed by atoms with Crippen LogP contribution in [0, 0.1) is 52.3 Å². The highest BCUT2D eigenvalue weighted by molar-refractivity contribution is 6.74. The minimum absolute atomic E-state index is 0.0966. The lowest BCUT2D eigenvalue weighted by Gasteiger charge is -2.62. The standard InChI is InChI=1S/C45H76O4Si/c1-31(2)39(49-50(9,10)43(4,5)6)24-17-32(3)36-22-23-37-42-38(25-27-45(36,37)8)44(7)26-13-11-15-34(44)29-40(42)47-30-33-18-20-35(21-19-33)48-41-16-12-14-28-46-41/h18-21,31-32,34,36-42H,11-17,22-30H2,1-10H3/t32-,34?,36-,37+,38+,39+,40-,41?,42+,44+,45-/m1/s1. The largest absolute Gasteiger partial charge is 0.465 e. The molecule has 1 aromatic rings. The van der Waals surface area contributed by atoms with Gasteiger partial charge in [0.05, 0.1) is 19.3 Å². The summed E-state index contributed by atoms with van der Waals surface area (Å²) in [6.07, 6.45) is 19.1. The number of hydrogen-bond donors (Lipinski definition) is 0. The average molecular weight is 709 g/mol. The maximum atomic E-state index is 7.17. The number of hydrogen-bond acceptors (Lipinski definition) is 4. The van der Waals surface area contributed by atoms with Crippen LogP contribution in [-0.2, 0) is 20.5 Å². The molecule has 0 N–H and O–H groups in total. The Balaban J connectivity index is 1.14. The van der Waals surface area contributed by atoms with Crippen LogP contribution < -0.4 is 4.74 Å². The molecule has 5 heteroatoms. The Labute approximate surface area is 309 Å². The molecule has 50 heavy (non-hydrogen) atoms. The first-order valence-electron chi connectivity index (χ1n) is 21.3. The summed E-state index contributed by atoms with van der Waals surface area (Å²) in [5.74, 6) is 6.15. The van der Waals surface area contributed by atoms with Gasteiger partial charge in [-0.05, 0) is 159 Å². The van der Waals surface area contributed by atoms with E-state index in [4.69, 9.17) is 18.6 Å². The molecule has 1 saturated heterocycles. The molecule has 11 atom stereocenters. The highest BCUT2D eigenvalue weighted by Crippen LogP contribution is 2.69. The van der Waals surface area contributed by atoms with Crippen LogP contribution >= 0.6 is 0 Å². The highest BCUT2D eigenvalue weighted by atomic mass is 28.4. The van der Waals surface area contributed by atoms with Crippen molar-refractivity contribution in [3.63, 3.8) is 0 Å². The minimum Gasteiger partial charge on any atom is -0.465 e. The SMILES string of the molecule is CC(C)[C@H](CC[C@@H](C)[C@H]1CC[C@H]2[C@@H]3[C@H](OCc4ccc(OC5CCCCO5)cc4)CC4CCCC[C@]4(C)[C@H]3CC[C@]12C)O[Si](C)(C)C(C)(C)C. The fourth-order valence-electron chi connectivity index (χ4n) is 11.9. The van der Waals surface area contributed by atoms with Crippen LogP contribution in [-0.4, -0.2) is 33.4 Å². The molecule has 0 amide bonds. The summed E-state index contributed by atoms with van der Waals surface area (Å²) in [7, 11) is -1.80. The van der Waals surface area contributed by atoms with Crippen molar-refractivity contribution in [1.29, 1.82) is 0 Å². The zero-order valence-electron chi connectivity index (χ0n) is 34.0. The van der Waals surface area contributed by atoms with Gasteiger partial charge in [0.25, 0.3) is 0 Å². The molecule has 1 heterocycles. The molecule has 0 radical (unpaired) electrons. The summed E-state index contributed by atoms with van der Waals surface area (Å²) < 4.78 is 26.2. The topological polar surface area (TPSA) is 36.9 Å². The van der Waals surface area contributed by atoms with Gasteiger partial charge in [-0.25, -0.2) is 0 Å². The van der Waals surface area contributed by atoms with Gasteiger partial charge in [-0.3, -0.25) is 0 Å². The normalized spacial score (nSPS) is 37.5. The van der Waals surface area contributed by atoms with E-state index in [1.807, 2.05) is 0 Å². The quantitative estimate of drug-likeness (QED) is 0.203. The highest BCUT2D eigenvalue weighted by Gasteiger charge is 2.63. The van der Waals surface area contributed by atoms with Gasteiger partial charge in [0.2, 0.25) is 0 Å². The van der Waals surface area contributed by atoms with Crippen molar-refractivity contribution in [1.82, 2.24) is 0 Å². The molecule has 4 aliphatic carbocycles. The molecule has 0 aromatic heterocycles. The molecule has 284 valence electrons. The van der Waals surface area contributed by atoms with E-state index in [9.17, 15) is 0 Å². The van der Waals surface area contributed by atoms with Crippen molar-refractivity contribution in [3.05, 3.63) is 29.8 Å². The third kappa shape index (κ3) is 7.97. The van der Waals surface area contributed by atoms with E-state index in [2.05, 4.69) is 92.7 Å². The summed E-state index contributed by atoms with van der Waals surface area (Å²) in [4.78, 5) is 0. The van der Waals surface area contributed by atoms with E-state index in [-0.39, 0.29) is 11.3 Å². The number of fused-ring (bicyclic) bond motifs is 5. The lowest BCUT2D eigenvalue weighted by molar-refractivity contribution is -0.183. The van der Waals surface area contributed by atoms with E-state index < -0.39 is 8.32 Å². The number of rotatable bonds is 12. The second-order valence-electron chi connectivity index (χ2n) is 20.3. The molecule has 4 nitrogen and oxygen atoms in total. The molecule has 5 aliphatic rings. The third-order valence-electron chi connectivity index (χ3n) is 16.0. The van der Waals surface area contributed by atoms with Gasteiger partial charge in [-0.2, -0.15) is 0 Å². The number of ether oxygens (including phenoxy) is 3. The van der Waals surface area contributed by atoms with Crippen LogP contribution in [0.25, 0.3) is 0 Å². The van der Waals surface area contributed by atoms with Crippen LogP contribution in [0.15, 0.2) is 24.3 Å². The van der Waals surface area contributed by atoms with Crippen LogP contribution in [0.4, 0.5) is 0 Å². The average Bonchev–Trinajstić information content (AvgIpc) is 3.43. The maximum Gasteiger partial charge on any atom is 0.199 e. The first-order valence-corrected chi connectivity index (χ1v) is 24.2. The van der Waals surface area contributed by atoms with Crippen LogP contribution in [0.1, 0.15) is 151 Å². The van der Waals surface area contributed by atoms with Crippen LogP contribution in [0.5, 0.6) is 5.75 Å². The summed E-state index contributed by atoms with van der Waals surface area (Å²) in [5, 5.41) is 0.255. The Morgan fingerprint density at radius 1 is 0.840 bits per heavy atom. The van der Waals surface area contributed by atoms with E-state index in [1.54, 1.807) is 0 Å². The summed E-state index contributed by atoms with van der Waals surface area (Å²) in [6.45, 7) is 26.4. The first kappa shape index (κ1) is 38.8. The van der Waals surface area contributed by atoms with Gasteiger partial charge >= 0.3 is 0 Å². The van der Waals surface area contributed by atoms with Gasteiger partial charge in [0.15, 0.2) is 14.6 Å². The van der Waals surface area contributed by atoms with E-state index in [0.717, 1.165) is 54.8 Å². The summed E-state index contributed by atoms with van der Waals surface area (Å²) in [5.41, 5.74) is 2.19. The Hall–Kier alpha value is -0.883. The van der Waals surface area contributed by atoms with Crippen LogP contribution in [0.2, 0.25) is 18.1 Å². The molecule has 5 fully saturated rings. The van der Waals surface area contributed by atoms with E-state index in [1.165, 1.54) is 82.6 Å². The summed E-state index contributed by atoms with van der Waals surface area (Å²) in [6, 6.07) is 8.70. The van der Waals surface area contributed by atoms with E-state index in [0.29, 0.717) is 41.5 Å². The van der Waals surface area contributed by atoms with Gasteiger partial charge in [0.1, 0.15) is 5.75 Å². The van der Waals surface area contributed by atoms with Gasteiger partial charge in [0, 0.05) is 12.5 Å². The number of benzene rings is 1. The molecule has 6 rings (SSSR count). The molecule has 1 aliphatic heterocycles. The third-order valence-corrected chi connectivity index (χ3v) is 20.5. The van der Waals surface area contributed by atoms with Crippen molar-refractivity contribution in [2.24, 2.45) is 52.3 Å². The second-order valence-corrected chi connectivity index (χ2v) is 25.1. The van der Waals surface area contributed by atoms with Crippen molar-refractivity contribution < 1.29 is 18.6 Å². The molecule has 1 aromatic carbocycles. The van der Waals surface area contributed by atoms with Gasteiger partial charge < -0.3 is 18.6 Å². The van der Waals surface area contributed by atoms with Crippen LogP contribution in [0.3, 0.4) is 0 Å². The Morgan fingerprint density at radius 3 is 2.24 bits per heavy atom. The molecule has 0 spiro atoms. The lowest BCUT2D eigenvalue weighted by Crippen LogP contribution is -2.58. The monoisotopic (exact) mass is 709 g/mol. The zero-order valence-corrected chi connectivity index (χ0v) is 35.0. The van der Waals surface area contributed by atoms with Gasteiger partial charge in [-0.1, -0.05) is 80.4 Å². The van der Waals surface area contributed by atoms with E-state index >= 15 is 0 Å². The smallest absolute Gasteiger partial charge is 0.199 e. The molecular weight excluding hydrogens is 633 g/mol. The maximum absolute atomic E-state index is 7.17. The fraction of sp³-hybridized carbons (Fsp3) is 0.867. The second kappa shape index (κ2) is 15.5. The Morgan fingerprint density at radius 2 is 1.56 bits per heavy atom. The fourth-order valence-corrected chi connectivity index (χ4v) is 13.4. The molecule has 0 bridgehead atoms. The Bertz CT molecular complexity index is 1230.